The predicted octanol–water partition coefficient (Wildman–Crippen LogP) is 13.2. The third-order valence-electron chi connectivity index (χ3n) is 16.1. The van der Waals surface area contributed by atoms with Crippen LogP contribution in [0.2, 0.25) is 0 Å². The quantitative estimate of drug-likeness (QED) is 0.122. The van der Waals surface area contributed by atoms with E-state index in [1.807, 2.05) is 0 Å². The van der Waals surface area contributed by atoms with Crippen LogP contribution in [0, 0.1) is 0 Å². The third kappa shape index (κ3) is 5.42. The molecule has 1 aliphatic heterocycles. The van der Waals surface area contributed by atoms with Crippen molar-refractivity contribution in [3.05, 3.63) is 259 Å². The van der Waals surface area contributed by atoms with E-state index in [9.17, 15) is 0 Å². The summed E-state index contributed by atoms with van der Waals surface area (Å²) in [6.07, 6.45) is 0. The van der Waals surface area contributed by atoms with Gasteiger partial charge in [-0.1, -0.05) is 66.7 Å². The fraction of sp³-hybridized carbons (Fsp3) is 0.0149. The number of benzene rings is 12. The molecule has 0 amide bonds. The van der Waals surface area contributed by atoms with Crippen LogP contribution < -0.4 is 13.2 Å². The molecule has 0 radical (unpaired) electrons. The van der Waals surface area contributed by atoms with Crippen molar-refractivity contribution in [2.45, 2.75) is 5.41 Å². The molecule has 15 rings (SSSR count). The Morgan fingerprint density at radius 2 is 0.783 bits per heavy atom. The van der Waals surface area contributed by atoms with Crippen molar-refractivity contribution in [3.8, 4) is 77.9 Å². The molecule has 12 aromatic rings. The van der Waals surface area contributed by atoms with Gasteiger partial charge in [0.2, 0.25) is 0 Å². The maximum absolute atomic E-state index is 2.56. The molecule has 0 fully saturated rings. The van der Waals surface area contributed by atoms with Crippen LogP contribution >= 0.6 is 0 Å². The first kappa shape index (κ1) is 39.5. The minimum atomic E-state index is -1.13. The first-order chi connectivity index (χ1) is 34.2. The molecule has 0 bridgehead atoms. The topological polar surface area (TPSA) is 0 Å². The summed E-state index contributed by atoms with van der Waals surface area (Å²) in [5, 5.41) is 7.73. The molecule has 0 saturated carbocycles. The fourth-order valence-electron chi connectivity index (χ4n) is 13.3. The summed E-state index contributed by atoms with van der Waals surface area (Å²) in [5.74, 6) is 0. The second-order valence-electron chi connectivity index (χ2n) is 19.4. The summed E-state index contributed by atoms with van der Waals surface area (Å²) in [5.41, 5.74) is 23.6. The van der Waals surface area contributed by atoms with Gasteiger partial charge in [0.15, 0.2) is 0 Å². The summed E-state index contributed by atoms with van der Waals surface area (Å²) in [4.78, 5) is 0. The first-order valence-corrected chi connectivity index (χ1v) is 29.5. The van der Waals surface area contributed by atoms with Gasteiger partial charge in [-0.3, -0.25) is 0 Å². The van der Waals surface area contributed by atoms with E-state index in [-0.39, 0.29) is 0 Å². The van der Waals surface area contributed by atoms with Gasteiger partial charge in [0, 0.05) is 0 Å². The van der Waals surface area contributed by atoms with Crippen LogP contribution in [0.3, 0.4) is 0 Å². The SMILES string of the molecule is [GeH3][c]1ccccc1-c1ccccc1-c1cccc2c(-c3cccc4c3-c3ccccc3C43c4ccccc4-c4ccc5ccccc5c43)c3cccc(-c4ccc[c]5c4-c4cccc[c]4[GeH2]5)c3cc12. The summed E-state index contributed by atoms with van der Waals surface area (Å²) < 4.78 is 4.64. The van der Waals surface area contributed by atoms with Gasteiger partial charge in [-0.15, -0.1) is 0 Å². The normalized spacial score (nSPS) is 15.1. The Labute approximate surface area is 416 Å². The van der Waals surface area contributed by atoms with Crippen LogP contribution in [0.5, 0.6) is 0 Å². The van der Waals surface area contributed by atoms with Crippen LogP contribution in [0.1, 0.15) is 22.3 Å². The Kier molecular flexibility index (Phi) is 8.59. The molecule has 1 spiro atoms. The number of hydrogen-bond donors (Lipinski definition) is 0. The van der Waals surface area contributed by atoms with Gasteiger partial charge in [-0.05, 0) is 21.9 Å². The molecule has 0 N–H and O–H groups in total. The third-order valence-corrected chi connectivity index (χ3v) is 22.0. The van der Waals surface area contributed by atoms with Crippen molar-refractivity contribution in [3.63, 3.8) is 0 Å². The van der Waals surface area contributed by atoms with E-state index >= 15 is 0 Å². The zero-order valence-corrected chi connectivity index (χ0v) is 45.4. The van der Waals surface area contributed by atoms with Gasteiger partial charge in [-0.25, -0.2) is 0 Å². The van der Waals surface area contributed by atoms with Gasteiger partial charge >= 0.3 is 331 Å². The van der Waals surface area contributed by atoms with Gasteiger partial charge < -0.3 is 0 Å². The monoisotopic (exact) mass is 996 g/mol. The van der Waals surface area contributed by atoms with E-state index in [0.29, 0.717) is 16.5 Å². The molecule has 1 heterocycles. The van der Waals surface area contributed by atoms with E-state index in [1.165, 1.54) is 137 Å². The van der Waals surface area contributed by atoms with Crippen molar-refractivity contribution in [1.29, 1.82) is 0 Å². The number of rotatable bonds is 4. The number of hydrogen-bond acceptors (Lipinski definition) is 0. The minimum absolute atomic E-state index is 0.494. The maximum atomic E-state index is 2.56. The molecular weight excluding hydrogens is 950 g/mol. The van der Waals surface area contributed by atoms with Crippen LogP contribution in [-0.2, 0) is 5.41 Å². The number of fused-ring (bicyclic) bond motifs is 17. The molecule has 2 heteroatoms. The fourth-order valence-corrected chi connectivity index (χ4v) is 18.8. The van der Waals surface area contributed by atoms with Crippen LogP contribution in [-0.4, -0.2) is 31.9 Å². The Hall–Kier alpha value is -7.49. The summed E-state index contributed by atoms with van der Waals surface area (Å²) in [6, 6.07) is 90.9. The molecule has 0 nitrogen and oxygen atoms in total. The van der Waals surface area contributed by atoms with E-state index in [2.05, 4.69) is 237 Å². The summed E-state index contributed by atoms with van der Waals surface area (Å²) in [6.45, 7) is 0. The van der Waals surface area contributed by atoms with E-state index in [1.54, 1.807) is 8.79 Å². The van der Waals surface area contributed by atoms with Crippen LogP contribution in [0.4, 0.5) is 0 Å². The predicted molar refractivity (Wildman–Crippen MR) is 300 cm³/mol. The molecular formula is C67H44Ge2. The van der Waals surface area contributed by atoms with Gasteiger partial charge in [0.1, 0.15) is 0 Å². The van der Waals surface area contributed by atoms with Gasteiger partial charge in [-0.2, -0.15) is 0 Å². The van der Waals surface area contributed by atoms with Gasteiger partial charge in [0.25, 0.3) is 0 Å². The van der Waals surface area contributed by atoms with Crippen LogP contribution in [0.25, 0.3) is 110 Å². The zero-order valence-electron chi connectivity index (χ0n) is 38.2. The van der Waals surface area contributed by atoms with Crippen molar-refractivity contribution < 1.29 is 0 Å². The molecule has 2 aliphatic carbocycles. The van der Waals surface area contributed by atoms with Crippen molar-refractivity contribution in [2.24, 2.45) is 0 Å². The molecule has 3 aliphatic rings. The Morgan fingerprint density at radius 1 is 0.275 bits per heavy atom. The molecule has 69 heavy (non-hydrogen) atoms. The standard InChI is InChI=1S/C67H44Ge2/c68-60-34-11-7-22-47(60)43-20-4-3-19-42(43)44-25-13-27-49-55(44)39-56-45(48-29-16-36-62-65(48)53-24-8-12-35-61(53)69-62)26-14-28-50(56)63(49)54-30-15-33-59-64(54)52-23-6-10-32-58(52)67(59)57-31-9-5-21-46(57)51-38-37-40-17-1-2-18-41(40)66(51)67/h1-39H,69H2,68H3. The second-order valence-corrected chi connectivity index (χ2v) is 25.6. The van der Waals surface area contributed by atoms with E-state index in [4.69, 9.17) is 0 Å². The van der Waals surface area contributed by atoms with E-state index < -0.39 is 20.8 Å². The summed E-state index contributed by atoms with van der Waals surface area (Å²) in [7, 11) is 0. The Balaban J connectivity index is 1.09. The van der Waals surface area contributed by atoms with Crippen molar-refractivity contribution >= 4 is 77.5 Å². The zero-order chi connectivity index (χ0) is 45.4. The summed E-state index contributed by atoms with van der Waals surface area (Å²) >= 11 is -0.606. The molecule has 1 unspecified atom stereocenters. The van der Waals surface area contributed by atoms with Crippen molar-refractivity contribution in [2.75, 3.05) is 0 Å². The second kappa shape index (κ2) is 15.0. The Morgan fingerprint density at radius 3 is 1.57 bits per heavy atom. The van der Waals surface area contributed by atoms with E-state index in [0.717, 1.165) is 0 Å². The van der Waals surface area contributed by atoms with Gasteiger partial charge in [0.05, 0.1) is 0 Å². The van der Waals surface area contributed by atoms with Crippen molar-refractivity contribution in [1.82, 2.24) is 0 Å². The Bertz CT molecular complexity index is 4200. The molecule has 0 saturated heterocycles. The average Bonchev–Trinajstić information content (AvgIpc) is 4.05. The average molecular weight is 994 g/mol. The molecule has 0 aromatic heterocycles. The molecule has 320 valence electrons. The first-order valence-electron chi connectivity index (χ1n) is 24.4. The van der Waals surface area contributed by atoms with Crippen LogP contribution in [0.15, 0.2) is 237 Å². The molecule has 12 aromatic carbocycles. The molecule has 1 atom stereocenters.